The number of aliphatic imine (C=N–C) groups is 1. The Kier molecular flexibility index (Phi) is 7.21. The van der Waals surface area contributed by atoms with Crippen LogP contribution in [0, 0.1) is 6.92 Å². The molecule has 7 heteroatoms. The summed E-state index contributed by atoms with van der Waals surface area (Å²) >= 11 is 0. The smallest absolute Gasteiger partial charge is 0.357 e. The number of nitrogens with one attached hydrogen (secondary N) is 2. The molecule has 1 aromatic heterocycles. The van der Waals surface area contributed by atoms with Gasteiger partial charge in [0.15, 0.2) is 5.96 Å². The number of hydrogen-bond acceptors (Lipinski definition) is 2. The number of nitrogens with zero attached hydrogens (tertiary/aromatic N) is 2. The van der Waals surface area contributed by atoms with Gasteiger partial charge < -0.3 is 10.6 Å². The minimum Gasteiger partial charge on any atom is -0.357 e. The van der Waals surface area contributed by atoms with E-state index < -0.39 is 11.7 Å². The van der Waals surface area contributed by atoms with Crippen molar-refractivity contribution in [2.24, 2.45) is 4.99 Å². The zero-order valence-corrected chi connectivity index (χ0v) is 15.8. The number of pyridine rings is 1. The van der Waals surface area contributed by atoms with Crippen molar-refractivity contribution < 1.29 is 13.2 Å². The first-order valence-electron chi connectivity index (χ1n) is 8.93. The van der Waals surface area contributed by atoms with E-state index in [0.717, 1.165) is 23.7 Å². The molecule has 2 aromatic rings. The molecule has 0 aliphatic rings. The van der Waals surface area contributed by atoms with Crippen molar-refractivity contribution in [1.82, 2.24) is 15.6 Å². The van der Waals surface area contributed by atoms with Gasteiger partial charge in [-0.15, -0.1) is 0 Å². The number of hydrogen-bond donors (Lipinski definition) is 2. The van der Waals surface area contributed by atoms with Gasteiger partial charge in [-0.2, -0.15) is 13.2 Å². The number of aryl methyl sites for hydroxylation is 1. The van der Waals surface area contributed by atoms with Crippen molar-refractivity contribution >= 4 is 5.96 Å². The van der Waals surface area contributed by atoms with Crippen LogP contribution in [-0.2, 0) is 12.6 Å². The van der Waals surface area contributed by atoms with Crippen molar-refractivity contribution in [3.63, 3.8) is 0 Å². The summed E-state index contributed by atoms with van der Waals surface area (Å²) < 4.78 is 38.7. The van der Waals surface area contributed by atoms with Crippen LogP contribution >= 0.6 is 0 Å². The number of guanidine groups is 1. The first kappa shape index (κ1) is 20.7. The standard InChI is InChI=1S/C20H25F3N4/c1-4-24-19(25-11-10-16-9-8-14(2)26-13-16)27-15(3)17-6-5-7-18(12-17)20(21,22)23/h5-9,12-13,15H,4,10-11H2,1-3H3,(H2,24,25,27). The lowest BCUT2D eigenvalue weighted by atomic mass is 10.1. The predicted octanol–water partition coefficient (Wildman–Crippen LogP) is 4.27. The minimum atomic E-state index is -4.35. The molecule has 4 nitrogen and oxygen atoms in total. The summed E-state index contributed by atoms with van der Waals surface area (Å²) in [6, 6.07) is 9.00. The van der Waals surface area contributed by atoms with Gasteiger partial charge in [-0.25, -0.2) is 0 Å². The Hall–Kier alpha value is -2.57. The molecule has 0 saturated carbocycles. The molecule has 0 radical (unpaired) electrons. The van der Waals surface area contributed by atoms with Gasteiger partial charge in [0.25, 0.3) is 0 Å². The van der Waals surface area contributed by atoms with Gasteiger partial charge in [-0.1, -0.05) is 18.2 Å². The Morgan fingerprint density at radius 2 is 2.00 bits per heavy atom. The lowest BCUT2D eigenvalue weighted by Crippen LogP contribution is -2.39. The molecule has 0 aliphatic heterocycles. The second-order valence-electron chi connectivity index (χ2n) is 6.31. The molecule has 146 valence electrons. The van der Waals surface area contributed by atoms with Crippen LogP contribution in [0.1, 0.15) is 42.3 Å². The highest BCUT2D eigenvalue weighted by Gasteiger charge is 2.30. The first-order chi connectivity index (χ1) is 12.8. The third-order valence-corrected chi connectivity index (χ3v) is 4.05. The summed E-state index contributed by atoms with van der Waals surface area (Å²) in [5.74, 6) is 0.572. The average Bonchev–Trinajstić information content (AvgIpc) is 2.63. The van der Waals surface area contributed by atoms with E-state index in [0.29, 0.717) is 24.6 Å². The van der Waals surface area contributed by atoms with E-state index in [1.54, 1.807) is 6.07 Å². The number of benzene rings is 1. The summed E-state index contributed by atoms with van der Waals surface area (Å²) in [7, 11) is 0. The quantitative estimate of drug-likeness (QED) is 0.583. The molecule has 0 amide bonds. The molecule has 2 N–H and O–H groups in total. The van der Waals surface area contributed by atoms with Crippen LogP contribution < -0.4 is 10.6 Å². The number of rotatable bonds is 6. The molecule has 1 unspecified atom stereocenters. The summed E-state index contributed by atoms with van der Waals surface area (Å²) in [6.45, 7) is 6.90. The SMILES string of the molecule is CCNC(=NCCc1ccc(C)nc1)NC(C)c1cccc(C(F)(F)F)c1. The molecule has 1 heterocycles. The van der Waals surface area contributed by atoms with Crippen LogP contribution in [0.4, 0.5) is 13.2 Å². The fourth-order valence-electron chi connectivity index (χ4n) is 2.54. The van der Waals surface area contributed by atoms with E-state index in [1.165, 1.54) is 12.1 Å². The number of alkyl halides is 3. The maximum Gasteiger partial charge on any atom is 0.416 e. The maximum atomic E-state index is 12.9. The summed E-state index contributed by atoms with van der Waals surface area (Å²) in [6.07, 6.45) is -1.78. The van der Waals surface area contributed by atoms with Gasteiger partial charge in [-0.05, 0) is 56.5 Å². The Morgan fingerprint density at radius 3 is 2.63 bits per heavy atom. The maximum absolute atomic E-state index is 12.9. The first-order valence-corrected chi connectivity index (χ1v) is 8.93. The zero-order chi connectivity index (χ0) is 19.9. The second kappa shape index (κ2) is 9.39. The highest BCUT2D eigenvalue weighted by molar-refractivity contribution is 5.80. The van der Waals surface area contributed by atoms with E-state index >= 15 is 0 Å². The lowest BCUT2D eigenvalue weighted by molar-refractivity contribution is -0.137. The average molecular weight is 378 g/mol. The van der Waals surface area contributed by atoms with Gasteiger partial charge in [0.2, 0.25) is 0 Å². The van der Waals surface area contributed by atoms with E-state index in [1.807, 2.05) is 39.1 Å². The van der Waals surface area contributed by atoms with Gasteiger partial charge in [0, 0.05) is 25.0 Å². The monoisotopic (exact) mass is 378 g/mol. The molecular formula is C20H25F3N4. The molecular weight excluding hydrogens is 353 g/mol. The molecule has 0 saturated heterocycles. The lowest BCUT2D eigenvalue weighted by Gasteiger charge is -2.19. The van der Waals surface area contributed by atoms with Crippen molar-refractivity contribution in [2.45, 2.75) is 39.4 Å². The third-order valence-electron chi connectivity index (χ3n) is 4.05. The fraction of sp³-hybridized carbons (Fsp3) is 0.400. The van der Waals surface area contributed by atoms with Crippen LogP contribution in [0.2, 0.25) is 0 Å². The van der Waals surface area contributed by atoms with Crippen molar-refractivity contribution in [3.8, 4) is 0 Å². The van der Waals surface area contributed by atoms with Crippen molar-refractivity contribution in [2.75, 3.05) is 13.1 Å². The van der Waals surface area contributed by atoms with E-state index in [4.69, 9.17) is 0 Å². The number of halogens is 3. The van der Waals surface area contributed by atoms with E-state index in [2.05, 4.69) is 20.6 Å². The molecule has 0 aliphatic carbocycles. The molecule has 2 rings (SSSR count). The fourth-order valence-corrected chi connectivity index (χ4v) is 2.54. The second-order valence-corrected chi connectivity index (χ2v) is 6.31. The van der Waals surface area contributed by atoms with Gasteiger partial charge >= 0.3 is 6.18 Å². The van der Waals surface area contributed by atoms with E-state index in [-0.39, 0.29) is 6.04 Å². The molecule has 1 aromatic carbocycles. The molecule has 1 atom stereocenters. The zero-order valence-electron chi connectivity index (χ0n) is 15.8. The normalized spacial score (nSPS) is 13.3. The molecule has 0 spiro atoms. The Balaban J connectivity index is 2.02. The molecule has 0 fully saturated rings. The van der Waals surface area contributed by atoms with Crippen LogP contribution in [-0.4, -0.2) is 24.0 Å². The van der Waals surface area contributed by atoms with Gasteiger partial charge in [0.05, 0.1) is 11.6 Å². The van der Waals surface area contributed by atoms with Crippen molar-refractivity contribution in [3.05, 3.63) is 65.0 Å². The summed E-state index contributed by atoms with van der Waals surface area (Å²) in [5.41, 5.74) is 1.96. The minimum absolute atomic E-state index is 0.314. The number of aromatic nitrogens is 1. The Bertz CT molecular complexity index is 755. The Labute approximate surface area is 157 Å². The van der Waals surface area contributed by atoms with Crippen LogP contribution in [0.15, 0.2) is 47.6 Å². The Morgan fingerprint density at radius 1 is 1.22 bits per heavy atom. The van der Waals surface area contributed by atoms with Gasteiger partial charge in [-0.3, -0.25) is 9.98 Å². The topological polar surface area (TPSA) is 49.3 Å². The van der Waals surface area contributed by atoms with Crippen LogP contribution in [0.3, 0.4) is 0 Å². The third kappa shape index (κ3) is 6.58. The molecule has 27 heavy (non-hydrogen) atoms. The van der Waals surface area contributed by atoms with Crippen LogP contribution in [0.5, 0.6) is 0 Å². The summed E-state index contributed by atoms with van der Waals surface area (Å²) in [4.78, 5) is 8.77. The van der Waals surface area contributed by atoms with Crippen molar-refractivity contribution in [1.29, 1.82) is 0 Å². The van der Waals surface area contributed by atoms with E-state index in [9.17, 15) is 13.2 Å². The highest BCUT2D eigenvalue weighted by atomic mass is 19.4. The van der Waals surface area contributed by atoms with Crippen LogP contribution in [0.25, 0.3) is 0 Å². The highest BCUT2D eigenvalue weighted by Crippen LogP contribution is 2.30. The predicted molar refractivity (Wildman–Crippen MR) is 102 cm³/mol. The van der Waals surface area contributed by atoms with Gasteiger partial charge in [0.1, 0.15) is 0 Å². The molecule has 0 bridgehead atoms. The summed E-state index contributed by atoms with van der Waals surface area (Å²) in [5, 5.41) is 6.29. The largest absolute Gasteiger partial charge is 0.416 e.